The highest BCUT2D eigenvalue weighted by molar-refractivity contribution is 7.98. The van der Waals surface area contributed by atoms with Gasteiger partial charge in [-0.15, -0.1) is 23.1 Å². The molecule has 3 aromatic rings. The number of aliphatic imine (C=N–C) groups is 1. The van der Waals surface area contributed by atoms with Crippen molar-refractivity contribution < 1.29 is 13.2 Å². The van der Waals surface area contributed by atoms with E-state index in [0.29, 0.717) is 9.90 Å². The van der Waals surface area contributed by atoms with Crippen molar-refractivity contribution in [2.75, 3.05) is 6.26 Å². The Morgan fingerprint density at radius 3 is 2.58 bits per heavy atom. The van der Waals surface area contributed by atoms with Crippen molar-refractivity contribution in [1.29, 1.82) is 0 Å². The zero-order chi connectivity index (χ0) is 22.8. The van der Waals surface area contributed by atoms with E-state index in [1.54, 1.807) is 30.1 Å². The third-order valence-electron chi connectivity index (χ3n) is 4.14. The van der Waals surface area contributed by atoms with Gasteiger partial charge >= 0.3 is 6.18 Å². The molecule has 0 saturated carbocycles. The molecule has 2 aromatic heterocycles. The minimum absolute atomic E-state index is 0.0284. The molecule has 3 nitrogen and oxygen atoms in total. The van der Waals surface area contributed by atoms with Gasteiger partial charge < -0.3 is 5.73 Å². The number of rotatable bonds is 5. The third-order valence-corrected chi connectivity index (χ3v) is 6.66. The maximum absolute atomic E-state index is 13.1. The van der Waals surface area contributed by atoms with Gasteiger partial charge in [-0.2, -0.15) is 13.2 Å². The molecule has 2 N–H and O–H groups in total. The van der Waals surface area contributed by atoms with Crippen LogP contribution in [0.4, 0.5) is 18.9 Å². The van der Waals surface area contributed by atoms with E-state index >= 15 is 0 Å². The molecule has 31 heavy (non-hydrogen) atoms. The van der Waals surface area contributed by atoms with Crippen LogP contribution in [0, 0.1) is 6.92 Å². The number of halogens is 5. The van der Waals surface area contributed by atoms with Crippen molar-refractivity contribution in [3.63, 3.8) is 0 Å². The molecule has 0 aliphatic heterocycles. The van der Waals surface area contributed by atoms with Crippen LogP contribution < -0.4 is 5.73 Å². The molecule has 0 amide bonds. The summed E-state index contributed by atoms with van der Waals surface area (Å²) in [6.45, 7) is 1.96. The summed E-state index contributed by atoms with van der Waals surface area (Å²) in [7, 11) is 0. The van der Waals surface area contributed by atoms with Gasteiger partial charge in [-0.1, -0.05) is 23.2 Å². The van der Waals surface area contributed by atoms with Crippen LogP contribution in [0.1, 0.15) is 10.4 Å². The Kier molecular flexibility index (Phi) is 7.36. The van der Waals surface area contributed by atoms with E-state index in [9.17, 15) is 13.2 Å². The van der Waals surface area contributed by atoms with E-state index in [1.165, 1.54) is 23.5 Å². The molecule has 0 unspecified atom stereocenters. The summed E-state index contributed by atoms with van der Waals surface area (Å²) in [5, 5.41) is 1.53. The van der Waals surface area contributed by atoms with Crippen molar-refractivity contribution >= 4 is 57.7 Å². The molecule has 0 aliphatic rings. The number of nitrogens with zero attached hydrogens (tertiary/aromatic N) is 2. The highest BCUT2D eigenvalue weighted by Crippen LogP contribution is 2.34. The second-order valence-electron chi connectivity index (χ2n) is 6.40. The standard InChI is InChI=1S/C21H16Cl2F3N3S2/c1-11-7-12(10-28-20(11)30-2)17-5-6-18(31-17)16(9-19(27)21(24,25)26)29-15-8-13(22)3-4-14(15)23/h3-10H,27H2,1-2H3. The molecule has 0 bridgehead atoms. The number of allylic oxidation sites excluding steroid dienone is 2. The topological polar surface area (TPSA) is 51.3 Å². The summed E-state index contributed by atoms with van der Waals surface area (Å²) in [4.78, 5) is 10.1. The summed E-state index contributed by atoms with van der Waals surface area (Å²) >= 11 is 15.0. The first-order chi connectivity index (χ1) is 14.6. The van der Waals surface area contributed by atoms with Crippen molar-refractivity contribution in [3.05, 3.63) is 74.9 Å². The van der Waals surface area contributed by atoms with E-state index < -0.39 is 11.9 Å². The molecule has 0 saturated heterocycles. The third kappa shape index (κ3) is 5.83. The van der Waals surface area contributed by atoms with Crippen LogP contribution >= 0.6 is 46.3 Å². The molecule has 0 fully saturated rings. The van der Waals surface area contributed by atoms with Crippen LogP contribution in [-0.2, 0) is 0 Å². The number of nitrogens with two attached hydrogens (primary N) is 1. The maximum atomic E-state index is 13.1. The minimum Gasteiger partial charge on any atom is -0.395 e. The Hall–Kier alpha value is -2.00. The first-order valence-electron chi connectivity index (χ1n) is 8.78. The number of aromatic nitrogens is 1. The molecule has 3 rings (SSSR count). The van der Waals surface area contributed by atoms with Crippen LogP contribution in [0.25, 0.3) is 10.4 Å². The Morgan fingerprint density at radius 1 is 1.19 bits per heavy atom. The van der Waals surface area contributed by atoms with Crippen molar-refractivity contribution in [2.45, 2.75) is 18.1 Å². The Bertz CT molecular complexity index is 1170. The summed E-state index contributed by atoms with van der Waals surface area (Å²) in [5.41, 5.74) is 6.15. The Balaban J connectivity index is 2.10. The molecule has 0 spiro atoms. The van der Waals surface area contributed by atoms with E-state index in [-0.39, 0.29) is 16.4 Å². The lowest BCUT2D eigenvalue weighted by Gasteiger charge is -2.08. The molecular formula is C21H16Cl2F3N3S2. The normalized spacial score (nSPS) is 13.0. The number of pyridine rings is 1. The molecule has 2 heterocycles. The average molecular weight is 502 g/mol. The molecular weight excluding hydrogens is 486 g/mol. The van der Waals surface area contributed by atoms with Gasteiger partial charge in [0.15, 0.2) is 0 Å². The van der Waals surface area contributed by atoms with Crippen molar-refractivity contribution in [2.24, 2.45) is 10.7 Å². The number of hydrogen-bond donors (Lipinski definition) is 1. The fourth-order valence-corrected chi connectivity index (χ4v) is 4.44. The molecule has 0 aliphatic carbocycles. The average Bonchev–Trinajstić information content (AvgIpc) is 3.19. The SMILES string of the molecule is CSc1ncc(-c2ccc(C(C=C(N)C(F)(F)F)=Nc3cc(Cl)ccc3Cl)s2)cc1C. The van der Waals surface area contributed by atoms with E-state index in [2.05, 4.69) is 9.98 Å². The molecule has 162 valence electrons. The largest absolute Gasteiger partial charge is 0.430 e. The number of alkyl halides is 3. The summed E-state index contributed by atoms with van der Waals surface area (Å²) in [5.74, 6) is 0. The molecule has 10 heteroatoms. The highest BCUT2D eigenvalue weighted by Gasteiger charge is 2.32. The van der Waals surface area contributed by atoms with E-state index in [0.717, 1.165) is 27.1 Å². The maximum Gasteiger partial charge on any atom is 0.430 e. The second kappa shape index (κ2) is 9.65. The minimum atomic E-state index is -4.69. The van der Waals surface area contributed by atoms with Gasteiger partial charge in [0, 0.05) is 21.7 Å². The molecule has 0 radical (unpaired) electrons. The number of benzene rings is 1. The van der Waals surface area contributed by atoms with Crippen molar-refractivity contribution in [3.8, 4) is 10.4 Å². The monoisotopic (exact) mass is 501 g/mol. The van der Waals surface area contributed by atoms with Gasteiger partial charge in [0.25, 0.3) is 0 Å². The van der Waals surface area contributed by atoms with E-state index in [4.69, 9.17) is 28.9 Å². The summed E-state index contributed by atoms with van der Waals surface area (Å²) in [6, 6.07) is 10.1. The number of thiophene rings is 1. The first kappa shape index (κ1) is 23.7. The van der Waals surface area contributed by atoms with Gasteiger partial charge in [0.05, 0.1) is 26.3 Å². The van der Waals surface area contributed by atoms with Gasteiger partial charge in [-0.05, 0) is 61.2 Å². The lowest BCUT2D eigenvalue weighted by molar-refractivity contribution is -0.0925. The predicted molar refractivity (Wildman–Crippen MR) is 125 cm³/mol. The fraction of sp³-hybridized carbons (Fsp3) is 0.143. The van der Waals surface area contributed by atoms with Crippen LogP contribution in [0.2, 0.25) is 10.0 Å². The van der Waals surface area contributed by atoms with Crippen LogP contribution in [0.5, 0.6) is 0 Å². The van der Waals surface area contributed by atoms with Gasteiger partial charge in [-0.3, -0.25) is 0 Å². The zero-order valence-electron chi connectivity index (χ0n) is 16.3. The Labute approximate surface area is 195 Å². The first-order valence-corrected chi connectivity index (χ1v) is 11.6. The van der Waals surface area contributed by atoms with E-state index in [1.807, 2.05) is 25.3 Å². The fourth-order valence-electron chi connectivity index (χ4n) is 2.63. The Morgan fingerprint density at radius 2 is 1.94 bits per heavy atom. The van der Waals surface area contributed by atoms with Crippen LogP contribution in [0.3, 0.4) is 0 Å². The molecule has 1 aromatic carbocycles. The van der Waals surface area contributed by atoms with Gasteiger partial charge in [0.2, 0.25) is 0 Å². The lowest BCUT2D eigenvalue weighted by Crippen LogP contribution is -2.20. The van der Waals surface area contributed by atoms with Crippen molar-refractivity contribution in [1.82, 2.24) is 4.98 Å². The number of hydrogen-bond acceptors (Lipinski definition) is 5. The molecule has 0 atom stereocenters. The predicted octanol–water partition coefficient (Wildman–Crippen LogP) is 7.67. The highest BCUT2D eigenvalue weighted by atomic mass is 35.5. The second-order valence-corrected chi connectivity index (χ2v) is 9.13. The lowest BCUT2D eigenvalue weighted by atomic mass is 10.2. The summed E-state index contributed by atoms with van der Waals surface area (Å²) < 4.78 is 39.3. The van der Waals surface area contributed by atoms with Gasteiger partial charge in [-0.25, -0.2) is 9.98 Å². The number of thioether (sulfide) groups is 1. The smallest absolute Gasteiger partial charge is 0.395 e. The quantitative estimate of drug-likeness (QED) is 0.288. The van der Waals surface area contributed by atoms with Gasteiger partial charge in [0.1, 0.15) is 5.70 Å². The van der Waals surface area contributed by atoms with Crippen LogP contribution in [-0.4, -0.2) is 23.1 Å². The number of aryl methyl sites for hydroxylation is 1. The zero-order valence-corrected chi connectivity index (χ0v) is 19.4. The van der Waals surface area contributed by atoms with Crippen LogP contribution in [0.15, 0.2) is 64.4 Å². The summed E-state index contributed by atoms with van der Waals surface area (Å²) in [6.07, 6.45) is -0.209.